The SMILES string of the molecule is O=C(C=Cc1cccs1)NNC(=O)COc1ccc2cc(Br)ccc2c1Br. The highest BCUT2D eigenvalue weighted by atomic mass is 79.9. The lowest BCUT2D eigenvalue weighted by molar-refractivity contribution is -0.128. The number of carbonyl (C=O) groups is 2. The van der Waals surface area contributed by atoms with Crippen molar-refractivity contribution in [2.45, 2.75) is 0 Å². The molecule has 1 aromatic heterocycles. The van der Waals surface area contributed by atoms with E-state index in [1.54, 1.807) is 12.1 Å². The maximum absolute atomic E-state index is 11.9. The van der Waals surface area contributed by atoms with Gasteiger partial charge in [0.25, 0.3) is 11.8 Å². The summed E-state index contributed by atoms with van der Waals surface area (Å²) >= 11 is 8.46. The van der Waals surface area contributed by atoms with Crippen LogP contribution in [0.4, 0.5) is 0 Å². The predicted octanol–water partition coefficient (Wildman–Crippen LogP) is 4.67. The molecule has 2 aromatic carbocycles. The van der Waals surface area contributed by atoms with Gasteiger partial charge in [-0.3, -0.25) is 20.4 Å². The number of halogens is 2. The van der Waals surface area contributed by atoms with Crippen LogP contribution < -0.4 is 15.6 Å². The maximum Gasteiger partial charge on any atom is 0.276 e. The average Bonchev–Trinajstić information content (AvgIpc) is 3.17. The molecular formula is C19H14Br2N2O3S. The molecule has 0 aliphatic rings. The minimum Gasteiger partial charge on any atom is -0.483 e. The fraction of sp³-hybridized carbons (Fsp3) is 0.0526. The van der Waals surface area contributed by atoms with Gasteiger partial charge in [0.2, 0.25) is 0 Å². The van der Waals surface area contributed by atoms with Crippen LogP contribution in [-0.2, 0) is 9.59 Å². The summed E-state index contributed by atoms with van der Waals surface area (Å²) in [6.07, 6.45) is 3.03. The summed E-state index contributed by atoms with van der Waals surface area (Å²) in [7, 11) is 0. The van der Waals surface area contributed by atoms with Crippen molar-refractivity contribution >= 4 is 71.9 Å². The van der Waals surface area contributed by atoms with Crippen LogP contribution in [0.5, 0.6) is 5.75 Å². The van der Waals surface area contributed by atoms with E-state index >= 15 is 0 Å². The second kappa shape index (κ2) is 9.16. The van der Waals surface area contributed by atoms with Crippen LogP contribution in [0.1, 0.15) is 4.88 Å². The third-order valence-corrected chi connectivity index (χ3v) is 5.66. The molecule has 0 bridgehead atoms. The summed E-state index contributed by atoms with van der Waals surface area (Å²) < 4.78 is 7.30. The van der Waals surface area contributed by atoms with Gasteiger partial charge >= 0.3 is 0 Å². The molecule has 0 aliphatic heterocycles. The van der Waals surface area contributed by atoms with E-state index in [2.05, 4.69) is 42.7 Å². The maximum atomic E-state index is 11.9. The Morgan fingerprint density at radius 1 is 1.11 bits per heavy atom. The quantitative estimate of drug-likeness (QED) is 0.388. The number of ether oxygens (including phenoxy) is 1. The molecule has 27 heavy (non-hydrogen) atoms. The highest BCUT2D eigenvalue weighted by Crippen LogP contribution is 2.34. The molecule has 1 heterocycles. The van der Waals surface area contributed by atoms with Crippen molar-refractivity contribution < 1.29 is 14.3 Å². The van der Waals surface area contributed by atoms with E-state index in [0.29, 0.717) is 5.75 Å². The lowest BCUT2D eigenvalue weighted by Gasteiger charge is -2.11. The van der Waals surface area contributed by atoms with Crippen molar-refractivity contribution in [3.63, 3.8) is 0 Å². The predicted molar refractivity (Wildman–Crippen MR) is 114 cm³/mol. The molecule has 2 amide bonds. The lowest BCUT2D eigenvalue weighted by Crippen LogP contribution is -2.43. The molecule has 8 heteroatoms. The first-order valence-electron chi connectivity index (χ1n) is 7.84. The molecule has 0 aliphatic carbocycles. The Balaban J connectivity index is 1.52. The minimum atomic E-state index is -0.462. The molecule has 5 nitrogen and oxygen atoms in total. The van der Waals surface area contributed by atoms with E-state index in [9.17, 15) is 9.59 Å². The van der Waals surface area contributed by atoms with E-state index in [-0.39, 0.29) is 6.61 Å². The Kier molecular flexibility index (Phi) is 6.65. The summed E-state index contributed by atoms with van der Waals surface area (Å²) in [6, 6.07) is 13.4. The highest BCUT2D eigenvalue weighted by Gasteiger charge is 2.09. The van der Waals surface area contributed by atoms with Crippen LogP contribution in [0.2, 0.25) is 0 Å². The van der Waals surface area contributed by atoms with Crippen LogP contribution in [-0.4, -0.2) is 18.4 Å². The zero-order valence-electron chi connectivity index (χ0n) is 13.9. The summed E-state index contributed by atoms with van der Waals surface area (Å²) in [6.45, 7) is -0.227. The third kappa shape index (κ3) is 5.41. The van der Waals surface area contributed by atoms with Crippen LogP contribution in [0, 0.1) is 0 Å². The molecule has 0 saturated carbocycles. The molecule has 0 fully saturated rings. The molecule has 0 radical (unpaired) electrons. The van der Waals surface area contributed by atoms with Crippen LogP contribution >= 0.6 is 43.2 Å². The Morgan fingerprint density at radius 2 is 1.96 bits per heavy atom. The molecule has 0 saturated heterocycles. The molecule has 0 spiro atoms. The van der Waals surface area contributed by atoms with Gasteiger partial charge in [0.1, 0.15) is 5.75 Å². The second-order valence-electron chi connectivity index (χ2n) is 5.42. The monoisotopic (exact) mass is 508 g/mol. The third-order valence-electron chi connectivity index (χ3n) is 3.51. The standard InChI is InChI=1S/C19H14Br2N2O3S/c20-13-4-6-15-12(10-13)3-7-16(19(15)21)26-11-18(25)23-22-17(24)8-5-14-2-1-9-27-14/h1-10H,11H2,(H,22,24)(H,23,25). The van der Waals surface area contributed by atoms with Gasteiger partial charge in [-0.05, 0) is 62.4 Å². The zero-order valence-corrected chi connectivity index (χ0v) is 17.9. The average molecular weight is 510 g/mol. The molecule has 3 rings (SSSR count). The van der Waals surface area contributed by atoms with Crippen molar-refractivity contribution in [1.29, 1.82) is 0 Å². The van der Waals surface area contributed by atoms with Gasteiger partial charge in [0, 0.05) is 15.4 Å². The number of carbonyl (C=O) groups excluding carboxylic acids is 2. The fourth-order valence-corrected chi connectivity index (χ4v) is 3.85. The number of hydrazine groups is 1. The lowest BCUT2D eigenvalue weighted by atomic mass is 10.1. The number of nitrogens with one attached hydrogen (secondary N) is 2. The summed E-state index contributed by atoms with van der Waals surface area (Å²) in [5.41, 5.74) is 4.63. The number of hydrogen-bond donors (Lipinski definition) is 2. The number of hydrogen-bond acceptors (Lipinski definition) is 4. The first-order chi connectivity index (χ1) is 13.0. The first kappa shape index (κ1) is 19.6. The summed E-state index contributed by atoms with van der Waals surface area (Å²) in [5.74, 6) is -0.339. The second-order valence-corrected chi connectivity index (χ2v) is 8.11. The smallest absolute Gasteiger partial charge is 0.276 e. The van der Waals surface area contributed by atoms with Crippen molar-refractivity contribution in [3.05, 3.63) is 67.7 Å². The Hall–Kier alpha value is -2.16. The van der Waals surface area contributed by atoms with Gasteiger partial charge in [0.05, 0.1) is 4.47 Å². The van der Waals surface area contributed by atoms with Crippen molar-refractivity contribution in [3.8, 4) is 5.75 Å². The Morgan fingerprint density at radius 3 is 2.74 bits per heavy atom. The van der Waals surface area contributed by atoms with E-state index in [1.165, 1.54) is 17.4 Å². The largest absolute Gasteiger partial charge is 0.483 e. The molecule has 0 atom stereocenters. The number of thiophene rings is 1. The number of amides is 2. The van der Waals surface area contributed by atoms with Crippen LogP contribution in [0.15, 0.2) is 62.9 Å². The van der Waals surface area contributed by atoms with Crippen molar-refractivity contribution in [1.82, 2.24) is 10.9 Å². The minimum absolute atomic E-state index is 0.227. The molecule has 0 unspecified atom stereocenters. The van der Waals surface area contributed by atoms with Gasteiger partial charge in [-0.15, -0.1) is 11.3 Å². The van der Waals surface area contributed by atoms with E-state index < -0.39 is 11.8 Å². The van der Waals surface area contributed by atoms with Crippen LogP contribution in [0.25, 0.3) is 16.8 Å². The summed E-state index contributed by atoms with van der Waals surface area (Å²) in [4.78, 5) is 24.5. The van der Waals surface area contributed by atoms with E-state index in [1.807, 2.05) is 41.8 Å². The molecule has 2 N–H and O–H groups in total. The summed E-state index contributed by atoms with van der Waals surface area (Å²) in [5, 5.41) is 3.93. The molecular weight excluding hydrogens is 496 g/mol. The van der Waals surface area contributed by atoms with E-state index in [4.69, 9.17) is 4.74 Å². The van der Waals surface area contributed by atoms with Gasteiger partial charge in [0.15, 0.2) is 6.61 Å². The van der Waals surface area contributed by atoms with Crippen molar-refractivity contribution in [2.24, 2.45) is 0 Å². The van der Waals surface area contributed by atoms with E-state index in [0.717, 1.165) is 24.6 Å². The van der Waals surface area contributed by atoms with Crippen molar-refractivity contribution in [2.75, 3.05) is 6.61 Å². The van der Waals surface area contributed by atoms with Crippen LogP contribution in [0.3, 0.4) is 0 Å². The normalized spacial score (nSPS) is 10.9. The number of benzene rings is 2. The topological polar surface area (TPSA) is 67.4 Å². The highest BCUT2D eigenvalue weighted by molar-refractivity contribution is 9.11. The molecule has 3 aromatic rings. The number of rotatable bonds is 5. The molecule has 138 valence electrons. The van der Waals surface area contributed by atoms with Gasteiger partial charge in [-0.1, -0.05) is 34.1 Å². The first-order valence-corrected chi connectivity index (χ1v) is 10.3. The fourth-order valence-electron chi connectivity index (χ4n) is 2.25. The van der Waals surface area contributed by atoms with Gasteiger partial charge in [-0.2, -0.15) is 0 Å². The Labute approximate surface area is 176 Å². The van der Waals surface area contributed by atoms with Gasteiger partial charge < -0.3 is 4.74 Å². The Bertz CT molecular complexity index is 1000. The zero-order chi connectivity index (χ0) is 19.2. The van der Waals surface area contributed by atoms with Gasteiger partial charge in [-0.25, -0.2) is 0 Å². The number of fused-ring (bicyclic) bond motifs is 1.